The van der Waals surface area contributed by atoms with Crippen molar-refractivity contribution in [1.82, 2.24) is 4.90 Å². The minimum Gasteiger partial charge on any atom is -0.393 e. The largest absolute Gasteiger partial charge is 0.393 e. The summed E-state index contributed by atoms with van der Waals surface area (Å²) in [5.41, 5.74) is 0.508. The molecule has 1 aromatic rings. The van der Waals surface area contributed by atoms with E-state index in [0.717, 1.165) is 12.8 Å². The minimum absolute atomic E-state index is 0.0712. The third-order valence-corrected chi connectivity index (χ3v) is 3.34. The fourth-order valence-electron chi connectivity index (χ4n) is 2.50. The van der Waals surface area contributed by atoms with Gasteiger partial charge in [0.1, 0.15) is 5.82 Å². The average molecular weight is 251 g/mol. The average Bonchev–Trinajstić information content (AvgIpc) is 2.76. The van der Waals surface area contributed by atoms with Crippen molar-refractivity contribution >= 4 is 5.91 Å². The normalized spacial score (nSPS) is 21.1. The van der Waals surface area contributed by atoms with E-state index in [0.29, 0.717) is 18.5 Å². The molecule has 1 aromatic carbocycles. The lowest BCUT2D eigenvalue weighted by Gasteiger charge is -2.25. The summed E-state index contributed by atoms with van der Waals surface area (Å²) in [6.07, 6.45) is 2.09. The molecule has 0 spiro atoms. The highest BCUT2D eigenvalue weighted by Crippen LogP contribution is 2.23. The lowest BCUT2D eigenvalue weighted by molar-refractivity contribution is 0.0682. The molecule has 0 bridgehead atoms. The van der Waals surface area contributed by atoms with Crippen LogP contribution in [0.25, 0.3) is 0 Å². The molecule has 2 unspecified atom stereocenters. The second-order valence-corrected chi connectivity index (χ2v) is 4.89. The Bertz CT molecular complexity index is 416. The molecule has 1 aliphatic rings. The summed E-state index contributed by atoms with van der Waals surface area (Å²) in [7, 11) is 0. The van der Waals surface area contributed by atoms with Crippen LogP contribution in [0, 0.1) is 5.82 Å². The number of aliphatic hydroxyl groups excluding tert-OH is 1. The Balaban J connectivity index is 2.10. The topological polar surface area (TPSA) is 40.5 Å². The molecule has 0 radical (unpaired) electrons. The smallest absolute Gasteiger partial charge is 0.254 e. The van der Waals surface area contributed by atoms with Crippen LogP contribution >= 0.6 is 0 Å². The molecule has 1 amide bonds. The molecule has 0 saturated carbocycles. The third kappa shape index (κ3) is 2.88. The second-order valence-electron chi connectivity index (χ2n) is 4.89. The molecule has 0 aromatic heterocycles. The predicted molar refractivity (Wildman–Crippen MR) is 66.8 cm³/mol. The Labute approximate surface area is 106 Å². The Morgan fingerprint density at radius 1 is 1.50 bits per heavy atom. The van der Waals surface area contributed by atoms with Crippen molar-refractivity contribution in [3.8, 4) is 0 Å². The van der Waals surface area contributed by atoms with Gasteiger partial charge in [0.2, 0.25) is 0 Å². The van der Waals surface area contributed by atoms with Crippen LogP contribution in [0.2, 0.25) is 0 Å². The van der Waals surface area contributed by atoms with Gasteiger partial charge in [-0.25, -0.2) is 4.39 Å². The van der Waals surface area contributed by atoms with Gasteiger partial charge in [-0.2, -0.15) is 0 Å². The van der Waals surface area contributed by atoms with E-state index in [1.165, 1.54) is 24.3 Å². The van der Waals surface area contributed by atoms with Crippen molar-refractivity contribution < 1.29 is 14.3 Å². The molecule has 2 atom stereocenters. The van der Waals surface area contributed by atoms with Gasteiger partial charge in [0, 0.05) is 18.2 Å². The molecule has 1 saturated heterocycles. The summed E-state index contributed by atoms with van der Waals surface area (Å²) < 4.78 is 12.8. The second kappa shape index (κ2) is 5.48. The van der Waals surface area contributed by atoms with Crippen molar-refractivity contribution in [1.29, 1.82) is 0 Å². The first-order valence-corrected chi connectivity index (χ1v) is 6.32. The minimum atomic E-state index is -0.406. The zero-order valence-electron chi connectivity index (χ0n) is 10.5. The van der Waals surface area contributed by atoms with Gasteiger partial charge in [-0.15, -0.1) is 0 Å². The lowest BCUT2D eigenvalue weighted by atomic mass is 10.1. The van der Waals surface area contributed by atoms with Crippen LogP contribution in [0.4, 0.5) is 4.39 Å². The van der Waals surface area contributed by atoms with Crippen LogP contribution in [0.5, 0.6) is 0 Å². The SMILES string of the molecule is CC(O)CC1CCCN1C(=O)c1ccc(F)cc1. The van der Waals surface area contributed by atoms with Gasteiger partial charge in [-0.3, -0.25) is 4.79 Å². The molecule has 0 aliphatic carbocycles. The molecular weight excluding hydrogens is 233 g/mol. The highest BCUT2D eigenvalue weighted by Gasteiger charge is 2.29. The summed E-state index contributed by atoms with van der Waals surface area (Å²) in [6, 6.07) is 5.72. The van der Waals surface area contributed by atoms with Crippen LogP contribution in [-0.2, 0) is 0 Å². The number of rotatable bonds is 3. The summed E-state index contributed by atoms with van der Waals surface area (Å²) in [5.74, 6) is -0.411. The maximum absolute atomic E-state index is 12.8. The molecule has 1 N–H and O–H groups in total. The van der Waals surface area contributed by atoms with Crippen molar-refractivity contribution in [3.63, 3.8) is 0 Å². The summed E-state index contributed by atoms with van der Waals surface area (Å²) in [4.78, 5) is 14.1. The number of likely N-dealkylation sites (tertiary alicyclic amines) is 1. The summed E-state index contributed by atoms with van der Waals surface area (Å²) in [5, 5.41) is 9.43. The molecule has 18 heavy (non-hydrogen) atoms. The van der Waals surface area contributed by atoms with Gasteiger partial charge in [-0.05, 0) is 50.5 Å². The number of nitrogens with zero attached hydrogens (tertiary/aromatic N) is 1. The number of benzene rings is 1. The quantitative estimate of drug-likeness (QED) is 0.894. The van der Waals surface area contributed by atoms with Crippen molar-refractivity contribution in [2.45, 2.75) is 38.3 Å². The predicted octanol–water partition coefficient (Wildman–Crippen LogP) is 2.20. The van der Waals surface area contributed by atoms with Gasteiger partial charge in [0.25, 0.3) is 5.91 Å². The maximum Gasteiger partial charge on any atom is 0.254 e. The summed E-state index contributed by atoms with van der Waals surface area (Å²) in [6.45, 7) is 2.45. The first kappa shape index (κ1) is 13.0. The van der Waals surface area contributed by atoms with E-state index in [4.69, 9.17) is 0 Å². The van der Waals surface area contributed by atoms with Crippen molar-refractivity contribution in [2.75, 3.05) is 6.54 Å². The third-order valence-electron chi connectivity index (χ3n) is 3.34. The lowest BCUT2D eigenvalue weighted by Crippen LogP contribution is -2.37. The Kier molecular flexibility index (Phi) is 3.97. The van der Waals surface area contributed by atoms with Gasteiger partial charge in [0.05, 0.1) is 6.10 Å². The molecule has 4 heteroatoms. The Morgan fingerprint density at radius 3 is 2.78 bits per heavy atom. The van der Waals surface area contributed by atoms with E-state index in [9.17, 15) is 14.3 Å². The molecular formula is C14H18FNO2. The van der Waals surface area contributed by atoms with E-state index in [1.807, 2.05) is 0 Å². The fourth-order valence-corrected chi connectivity index (χ4v) is 2.50. The fraction of sp³-hybridized carbons (Fsp3) is 0.500. The van der Waals surface area contributed by atoms with Crippen molar-refractivity contribution in [3.05, 3.63) is 35.6 Å². The van der Waals surface area contributed by atoms with Crippen LogP contribution in [0.15, 0.2) is 24.3 Å². The van der Waals surface area contributed by atoms with Crippen LogP contribution < -0.4 is 0 Å². The highest BCUT2D eigenvalue weighted by atomic mass is 19.1. The van der Waals surface area contributed by atoms with E-state index in [2.05, 4.69) is 0 Å². The van der Waals surface area contributed by atoms with Gasteiger partial charge >= 0.3 is 0 Å². The molecule has 98 valence electrons. The van der Waals surface area contributed by atoms with E-state index in [-0.39, 0.29) is 17.8 Å². The van der Waals surface area contributed by atoms with Crippen LogP contribution in [-0.4, -0.2) is 34.6 Å². The van der Waals surface area contributed by atoms with Crippen LogP contribution in [0.1, 0.15) is 36.5 Å². The van der Waals surface area contributed by atoms with E-state index in [1.54, 1.807) is 11.8 Å². The Morgan fingerprint density at radius 2 is 2.17 bits per heavy atom. The number of hydrogen-bond donors (Lipinski definition) is 1. The molecule has 1 aliphatic heterocycles. The van der Waals surface area contributed by atoms with Gasteiger partial charge < -0.3 is 10.0 Å². The standard InChI is InChI=1S/C14H18FNO2/c1-10(17)9-13-3-2-8-16(13)14(18)11-4-6-12(15)7-5-11/h4-7,10,13,17H,2-3,8-9H2,1H3. The number of aliphatic hydroxyl groups is 1. The molecule has 2 rings (SSSR count). The molecule has 3 nitrogen and oxygen atoms in total. The van der Waals surface area contributed by atoms with E-state index < -0.39 is 6.10 Å². The number of hydrogen-bond acceptors (Lipinski definition) is 2. The monoisotopic (exact) mass is 251 g/mol. The first-order chi connectivity index (χ1) is 8.58. The summed E-state index contributed by atoms with van der Waals surface area (Å²) >= 11 is 0. The zero-order valence-corrected chi connectivity index (χ0v) is 10.5. The number of carbonyl (C=O) groups is 1. The number of halogens is 1. The highest BCUT2D eigenvalue weighted by molar-refractivity contribution is 5.94. The van der Waals surface area contributed by atoms with Crippen molar-refractivity contribution in [2.24, 2.45) is 0 Å². The zero-order chi connectivity index (χ0) is 13.1. The number of amides is 1. The first-order valence-electron chi connectivity index (χ1n) is 6.32. The number of carbonyl (C=O) groups excluding carboxylic acids is 1. The maximum atomic E-state index is 12.8. The van der Waals surface area contributed by atoms with E-state index >= 15 is 0 Å². The van der Waals surface area contributed by atoms with Gasteiger partial charge in [-0.1, -0.05) is 0 Å². The van der Waals surface area contributed by atoms with Crippen LogP contribution in [0.3, 0.4) is 0 Å². The Hall–Kier alpha value is -1.42. The molecule has 1 heterocycles. The van der Waals surface area contributed by atoms with Gasteiger partial charge in [0.15, 0.2) is 0 Å². The molecule has 1 fully saturated rings.